The summed E-state index contributed by atoms with van der Waals surface area (Å²) in [5.41, 5.74) is 3.49. The molecule has 2 aliphatic heterocycles. The lowest BCUT2D eigenvalue weighted by atomic mass is 9.99. The number of aliphatic hydroxyl groups is 2. The number of hydrogen-bond donors (Lipinski definition) is 4. The second-order valence-corrected chi connectivity index (χ2v) is 10.8. The van der Waals surface area contributed by atoms with E-state index in [9.17, 15) is 19.8 Å². The van der Waals surface area contributed by atoms with Gasteiger partial charge in [-0.05, 0) is 55.5 Å². The maximum absolute atomic E-state index is 12.4. The maximum Gasteiger partial charge on any atom is 0.224 e. The molecule has 9 heteroatoms. The molecule has 2 fully saturated rings. The summed E-state index contributed by atoms with van der Waals surface area (Å²) in [5.74, 6) is -0.0668. The Morgan fingerprint density at radius 2 is 1.73 bits per heavy atom. The Balaban J connectivity index is 1.36. The van der Waals surface area contributed by atoms with Crippen LogP contribution in [0.1, 0.15) is 81.0 Å². The number of benzene rings is 2. The second-order valence-electron chi connectivity index (χ2n) is 10.8. The Morgan fingerprint density at radius 1 is 0.975 bits per heavy atom. The predicted molar refractivity (Wildman–Crippen MR) is 152 cm³/mol. The number of hydrogen-bond acceptors (Lipinski definition) is 7. The standard InChI is InChI=1S/C31H43N3O6/c1-22(37)32-16-4-2-3-7-30(38)33-26-14-12-25(13-15-26)31-39-28(19-34-17-5-6-27(34)21-36)18-29(40-31)24-10-8-23(20-35)9-11-24/h8-15,27-29,31,35-36H,2-7,16-21H2,1H3,(H,32,37)(H,33,38). The van der Waals surface area contributed by atoms with E-state index in [4.69, 9.17) is 9.47 Å². The first-order chi connectivity index (χ1) is 19.4. The van der Waals surface area contributed by atoms with Crippen molar-refractivity contribution in [2.75, 3.05) is 31.6 Å². The van der Waals surface area contributed by atoms with Crippen molar-refractivity contribution in [2.45, 2.75) is 83.0 Å². The van der Waals surface area contributed by atoms with Crippen LogP contribution in [0.3, 0.4) is 0 Å². The number of aliphatic hydroxyl groups excluding tert-OH is 2. The summed E-state index contributed by atoms with van der Waals surface area (Å²) < 4.78 is 12.9. The first-order valence-corrected chi connectivity index (χ1v) is 14.4. The zero-order valence-electron chi connectivity index (χ0n) is 23.4. The molecule has 2 aromatic rings. The summed E-state index contributed by atoms with van der Waals surface area (Å²) in [5, 5.41) is 24.9. The average molecular weight is 554 g/mol. The highest BCUT2D eigenvalue weighted by atomic mass is 16.7. The summed E-state index contributed by atoms with van der Waals surface area (Å²) in [6.45, 7) is 3.98. The highest BCUT2D eigenvalue weighted by Gasteiger charge is 2.35. The molecule has 9 nitrogen and oxygen atoms in total. The molecule has 2 aromatic carbocycles. The summed E-state index contributed by atoms with van der Waals surface area (Å²) in [6, 6.07) is 15.6. The molecule has 0 aromatic heterocycles. The van der Waals surface area contributed by atoms with E-state index in [0.717, 1.165) is 67.6 Å². The zero-order chi connectivity index (χ0) is 28.3. The van der Waals surface area contributed by atoms with E-state index in [2.05, 4.69) is 15.5 Å². The smallest absolute Gasteiger partial charge is 0.224 e. The monoisotopic (exact) mass is 553 g/mol. The van der Waals surface area contributed by atoms with E-state index in [-0.39, 0.29) is 43.3 Å². The van der Waals surface area contributed by atoms with Gasteiger partial charge in [-0.2, -0.15) is 0 Å². The summed E-state index contributed by atoms with van der Waals surface area (Å²) in [4.78, 5) is 25.6. The fraction of sp³-hybridized carbons (Fsp3) is 0.548. The number of ether oxygens (including phenoxy) is 2. The Morgan fingerprint density at radius 3 is 2.42 bits per heavy atom. The molecule has 4 rings (SSSR count). The molecule has 0 bridgehead atoms. The van der Waals surface area contributed by atoms with Crippen molar-refractivity contribution in [1.29, 1.82) is 0 Å². The van der Waals surface area contributed by atoms with E-state index in [1.807, 2.05) is 48.5 Å². The van der Waals surface area contributed by atoms with Crippen LogP contribution >= 0.6 is 0 Å². The number of nitrogens with one attached hydrogen (secondary N) is 2. The van der Waals surface area contributed by atoms with Gasteiger partial charge in [0.2, 0.25) is 11.8 Å². The van der Waals surface area contributed by atoms with Crippen molar-refractivity contribution >= 4 is 17.5 Å². The van der Waals surface area contributed by atoms with Gasteiger partial charge < -0.3 is 30.3 Å². The fourth-order valence-electron chi connectivity index (χ4n) is 5.44. The van der Waals surface area contributed by atoms with Crippen LogP contribution in [-0.4, -0.2) is 65.3 Å². The molecule has 0 radical (unpaired) electrons. The third kappa shape index (κ3) is 8.84. The lowest BCUT2D eigenvalue weighted by Gasteiger charge is -2.38. The normalized spacial score (nSPS) is 23.2. The van der Waals surface area contributed by atoms with E-state index >= 15 is 0 Å². The molecule has 2 amide bonds. The minimum absolute atomic E-state index is 0.000830. The number of rotatable bonds is 13. The van der Waals surface area contributed by atoms with Crippen molar-refractivity contribution in [3.05, 3.63) is 65.2 Å². The molecule has 0 saturated carbocycles. The van der Waals surface area contributed by atoms with Gasteiger partial charge in [0.1, 0.15) is 0 Å². The van der Waals surface area contributed by atoms with Gasteiger partial charge in [-0.25, -0.2) is 0 Å². The number of anilines is 1. The first-order valence-electron chi connectivity index (χ1n) is 14.4. The van der Waals surface area contributed by atoms with Gasteiger partial charge >= 0.3 is 0 Å². The molecule has 2 saturated heterocycles. The molecule has 4 unspecified atom stereocenters. The number of nitrogens with zero attached hydrogens (tertiary/aromatic N) is 1. The number of likely N-dealkylation sites (tertiary alicyclic amines) is 1. The van der Waals surface area contributed by atoms with Gasteiger partial charge in [0, 0.05) is 50.1 Å². The molecular weight excluding hydrogens is 510 g/mol. The number of amides is 2. The summed E-state index contributed by atoms with van der Waals surface area (Å²) in [6.07, 6.45) is 4.90. The lowest BCUT2D eigenvalue weighted by Crippen LogP contribution is -2.42. The van der Waals surface area contributed by atoms with E-state index < -0.39 is 6.29 Å². The highest BCUT2D eigenvalue weighted by molar-refractivity contribution is 5.90. The van der Waals surface area contributed by atoms with Crippen LogP contribution in [0.5, 0.6) is 0 Å². The number of carbonyl (C=O) groups excluding carboxylic acids is 2. The summed E-state index contributed by atoms with van der Waals surface area (Å²) in [7, 11) is 0. The summed E-state index contributed by atoms with van der Waals surface area (Å²) >= 11 is 0. The minimum atomic E-state index is -0.565. The molecule has 40 heavy (non-hydrogen) atoms. The quantitative estimate of drug-likeness (QED) is 0.278. The Hall–Kier alpha value is -2.82. The average Bonchev–Trinajstić information content (AvgIpc) is 3.42. The topological polar surface area (TPSA) is 120 Å². The molecule has 4 N–H and O–H groups in total. The SMILES string of the molecule is CC(=O)NCCCCCC(=O)Nc1ccc(C2OC(CN3CCCC3CO)CC(c3ccc(CO)cc3)O2)cc1. The van der Waals surface area contributed by atoms with Crippen molar-refractivity contribution in [1.82, 2.24) is 10.2 Å². The van der Waals surface area contributed by atoms with E-state index in [1.54, 1.807) is 0 Å². The van der Waals surface area contributed by atoms with E-state index in [0.29, 0.717) is 19.4 Å². The van der Waals surface area contributed by atoms with Gasteiger partial charge in [-0.3, -0.25) is 14.5 Å². The van der Waals surface area contributed by atoms with Gasteiger partial charge in [0.15, 0.2) is 6.29 Å². The number of carbonyl (C=O) groups is 2. The molecule has 2 heterocycles. The molecular formula is C31H43N3O6. The van der Waals surface area contributed by atoms with Crippen LogP contribution in [0.2, 0.25) is 0 Å². The third-order valence-electron chi connectivity index (χ3n) is 7.68. The predicted octanol–water partition coefficient (Wildman–Crippen LogP) is 3.82. The minimum Gasteiger partial charge on any atom is -0.395 e. The third-order valence-corrected chi connectivity index (χ3v) is 7.68. The van der Waals surface area contributed by atoms with Crippen molar-refractivity contribution in [3.63, 3.8) is 0 Å². The van der Waals surface area contributed by atoms with Crippen LogP contribution in [0.25, 0.3) is 0 Å². The fourth-order valence-corrected chi connectivity index (χ4v) is 5.44. The van der Waals surface area contributed by atoms with Crippen molar-refractivity contribution < 1.29 is 29.3 Å². The van der Waals surface area contributed by atoms with Crippen LogP contribution in [0.4, 0.5) is 5.69 Å². The molecule has 0 spiro atoms. The molecule has 2 aliphatic rings. The maximum atomic E-state index is 12.4. The van der Waals surface area contributed by atoms with Gasteiger partial charge in [0.25, 0.3) is 0 Å². The number of unbranched alkanes of at least 4 members (excludes halogenated alkanes) is 2. The first kappa shape index (κ1) is 30.1. The zero-order valence-corrected chi connectivity index (χ0v) is 23.4. The van der Waals surface area contributed by atoms with Gasteiger partial charge in [-0.1, -0.05) is 42.8 Å². The second kappa shape index (κ2) is 15.3. The highest BCUT2D eigenvalue weighted by Crippen LogP contribution is 2.39. The Labute approximate surface area is 236 Å². The van der Waals surface area contributed by atoms with Crippen LogP contribution in [0.15, 0.2) is 48.5 Å². The molecule has 0 aliphatic carbocycles. The van der Waals surface area contributed by atoms with Gasteiger partial charge in [-0.15, -0.1) is 0 Å². The molecule has 218 valence electrons. The Bertz CT molecular complexity index is 1080. The Kier molecular flexibility index (Phi) is 11.5. The van der Waals surface area contributed by atoms with E-state index in [1.165, 1.54) is 6.92 Å². The van der Waals surface area contributed by atoms with Crippen LogP contribution < -0.4 is 10.6 Å². The largest absolute Gasteiger partial charge is 0.395 e. The lowest BCUT2D eigenvalue weighted by molar-refractivity contribution is -0.253. The molecule has 4 atom stereocenters. The van der Waals surface area contributed by atoms with Crippen molar-refractivity contribution in [2.24, 2.45) is 0 Å². The van der Waals surface area contributed by atoms with Crippen molar-refractivity contribution in [3.8, 4) is 0 Å². The van der Waals surface area contributed by atoms with Crippen LogP contribution in [-0.2, 0) is 25.7 Å². The van der Waals surface area contributed by atoms with Crippen LogP contribution in [0, 0.1) is 0 Å². The van der Waals surface area contributed by atoms with Gasteiger partial charge in [0.05, 0.1) is 25.4 Å².